The third-order valence-corrected chi connectivity index (χ3v) is 5.33. The van der Waals surface area contributed by atoms with Crippen LogP contribution in [0, 0.1) is 0 Å². The van der Waals surface area contributed by atoms with Crippen LogP contribution in [0.1, 0.15) is 10.4 Å². The molecule has 1 N–H and O–H groups in total. The lowest BCUT2D eigenvalue weighted by Crippen LogP contribution is -2.01. The molecule has 0 saturated carbocycles. The Morgan fingerprint density at radius 1 is 1.00 bits per heavy atom. The fourth-order valence-electron chi connectivity index (χ4n) is 2.61. The van der Waals surface area contributed by atoms with Gasteiger partial charge in [-0.25, -0.2) is 4.98 Å². The average molecular weight is 373 g/mol. The quantitative estimate of drug-likeness (QED) is 0.267. The van der Waals surface area contributed by atoms with Crippen molar-refractivity contribution in [1.29, 1.82) is 0 Å². The molecule has 24 heavy (non-hydrogen) atoms. The molecule has 2 heterocycles. The van der Waals surface area contributed by atoms with E-state index >= 15 is 0 Å². The number of halogens is 2. The zero-order valence-corrected chi connectivity index (χ0v) is 14.5. The molecule has 0 amide bonds. The summed E-state index contributed by atoms with van der Waals surface area (Å²) < 4.78 is 0. The summed E-state index contributed by atoms with van der Waals surface area (Å²) in [6, 6.07) is 17.1. The van der Waals surface area contributed by atoms with Crippen LogP contribution in [0.15, 0.2) is 59.8 Å². The lowest BCUT2D eigenvalue weighted by Gasteiger charge is -2.04. The van der Waals surface area contributed by atoms with Crippen LogP contribution in [0.3, 0.4) is 0 Å². The van der Waals surface area contributed by atoms with Crippen LogP contribution in [0.25, 0.3) is 21.1 Å². The second kappa shape index (κ2) is 6.06. The van der Waals surface area contributed by atoms with Gasteiger partial charge < -0.3 is 5.21 Å². The highest BCUT2D eigenvalue weighted by Gasteiger charge is 2.16. The Morgan fingerprint density at radius 3 is 2.62 bits per heavy atom. The number of rotatable bonds is 2. The first-order valence-electron chi connectivity index (χ1n) is 7.13. The number of fused-ring (bicyclic) bond motifs is 2. The van der Waals surface area contributed by atoms with Crippen LogP contribution in [0.4, 0.5) is 0 Å². The Labute approximate surface area is 151 Å². The first kappa shape index (κ1) is 15.4. The molecule has 4 aromatic rings. The van der Waals surface area contributed by atoms with Crippen LogP contribution in [-0.4, -0.2) is 15.9 Å². The third-order valence-electron chi connectivity index (χ3n) is 3.73. The highest BCUT2D eigenvalue weighted by Crippen LogP contribution is 2.31. The first-order chi connectivity index (χ1) is 11.7. The Kier molecular flexibility index (Phi) is 3.88. The zero-order chi connectivity index (χ0) is 16.7. The van der Waals surface area contributed by atoms with Crippen molar-refractivity contribution in [3.05, 3.63) is 75.1 Å². The Balaban J connectivity index is 1.89. The average Bonchev–Trinajstić information content (AvgIpc) is 2.97. The summed E-state index contributed by atoms with van der Waals surface area (Å²) >= 11 is 13.6. The second-order valence-corrected chi connectivity index (χ2v) is 7.13. The van der Waals surface area contributed by atoms with Crippen LogP contribution in [-0.2, 0) is 0 Å². The van der Waals surface area contributed by atoms with E-state index in [1.165, 1.54) is 11.3 Å². The number of benzene rings is 2. The monoisotopic (exact) mass is 372 g/mol. The van der Waals surface area contributed by atoms with Gasteiger partial charge in [-0.3, -0.25) is 0 Å². The van der Waals surface area contributed by atoms with E-state index in [9.17, 15) is 5.21 Å². The minimum atomic E-state index is 0.406. The van der Waals surface area contributed by atoms with Crippen molar-refractivity contribution in [2.75, 3.05) is 0 Å². The van der Waals surface area contributed by atoms with Crippen molar-refractivity contribution >= 4 is 61.4 Å². The predicted octanol–water partition coefficient (Wildman–Crippen LogP) is 5.98. The van der Waals surface area contributed by atoms with E-state index in [0.717, 1.165) is 26.0 Å². The van der Waals surface area contributed by atoms with Crippen molar-refractivity contribution in [2.24, 2.45) is 5.16 Å². The van der Waals surface area contributed by atoms with Crippen LogP contribution < -0.4 is 0 Å². The minimum absolute atomic E-state index is 0.406. The molecule has 0 aliphatic rings. The predicted molar refractivity (Wildman–Crippen MR) is 101 cm³/mol. The molecule has 0 spiro atoms. The van der Waals surface area contributed by atoms with E-state index in [1.54, 1.807) is 18.2 Å². The number of hydrogen-bond donors (Lipinski definition) is 1. The van der Waals surface area contributed by atoms with Crippen molar-refractivity contribution in [2.45, 2.75) is 0 Å². The van der Waals surface area contributed by atoms with Crippen LogP contribution >= 0.6 is 34.5 Å². The summed E-state index contributed by atoms with van der Waals surface area (Å²) in [6.07, 6.45) is 0. The molecule has 0 bridgehead atoms. The van der Waals surface area contributed by atoms with Gasteiger partial charge in [0.1, 0.15) is 10.5 Å². The van der Waals surface area contributed by atoms with Crippen molar-refractivity contribution in [1.82, 2.24) is 4.98 Å². The summed E-state index contributed by atoms with van der Waals surface area (Å²) in [7, 11) is 0. The molecule has 0 aliphatic heterocycles. The second-order valence-electron chi connectivity index (χ2n) is 5.26. The number of nitrogens with zero attached hydrogens (tertiary/aromatic N) is 2. The maximum absolute atomic E-state index is 9.52. The lowest BCUT2D eigenvalue weighted by molar-refractivity contribution is 0.320. The van der Waals surface area contributed by atoms with Crippen LogP contribution in [0.5, 0.6) is 0 Å². The molecular weight excluding hydrogens is 363 g/mol. The van der Waals surface area contributed by atoms with E-state index in [2.05, 4.69) is 16.2 Å². The molecule has 0 aliphatic carbocycles. The topological polar surface area (TPSA) is 45.5 Å². The largest absolute Gasteiger partial charge is 0.410 e. The smallest absolute Gasteiger partial charge is 0.128 e. The van der Waals surface area contributed by atoms with Crippen molar-refractivity contribution in [3.63, 3.8) is 0 Å². The Hall–Kier alpha value is -2.14. The number of thiophene rings is 1. The number of hydrogen-bond acceptors (Lipinski definition) is 4. The maximum atomic E-state index is 9.52. The molecule has 6 heteroatoms. The van der Waals surface area contributed by atoms with E-state index < -0.39 is 0 Å². The van der Waals surface area contributed by atoms with Gasteiger partial charge in [0.2, 0.25) is 0 Å². The van der Waals surface area contributed by atoms with Gasteiger partial charge in [-0.15, -0.1) is 11.3 Å². The molecule has 118 valence electrons. The number of para-hydroxylation sites is 1. The normalized spacial score (nSPS) is 12.2. The van der Waals surface area contributed by atoms with Gasteiger partial charge in [-0.05, 0) is 36.4 Å². The molecule has 2 aromatic heterocycles. The SMILES string of the molecule is O/N=C(\c1cc2cc3ccccc3nc2s1)c1ccc(Cl)cc1Cl. The van der Waals surface area contributed by atoms with Gasteiger partial charge in [-0.2, -0.15) is 0 Å². The van der Waals surface area contributed by atoms with E-state index in [-0.39, 0.29) is 0 Å². The molecule has 3 nitrogen and oxygen atoms in total. The van der Waals surface area contributed by atoms with Gasteiger partial charge in [0, 0.05) is 21.4 Å². The van der Waals surface area contributed by atoms with Gasteiger partial charge >= 0.3 is 0 Å². The van der Waals surface area contributed by atoms with Crippen molar-refractivity contribution < 1.29 is 5.21 Å². The number of aromatic nitrogens is 1. The standard InChI is InChI=1S/C18H10Cl2N2OS/c19-12-5-6-13(14(20)9-12)17(22-23)16-8-11-7-10-3-1-2-4-15(10)21-18(11)24-16/h1-9,23H/b22-17-. The number of oxime groups is 1. The van der Waals surface area contributed by atoms with Gasteiger partial charge in [0.15, 0.2) is 0 Å². The van der Waals surface area contributed by atoms with Crippen molar-refractivity contribution in [3.8, 4) is 0 Å². The summed E-state index contributed by atoms with van der Waals surface area (Å²) in [5.41, 5.74) is 1.97. The van der Waals surface area contributed by atoms with Gasteiger partial charge in [0.25, 0.3) is 0 Å². The van der Waals surface area contributed by atoms with E-state index in [1.807, 2.05) is 30.3 Å². The molecule has 0 unspecified atom stereocenters. The van der Waals surface area contributed by atoms with E-state index in [4.69, 9.17) is 23.2 Å². The summed E-state index contributed by atoms with van der Waals surface area (Å²) in [6.45, 7) is 0. The summed E-state index contributed by atoms with van der Waals surface area (Å²) in [5.74, 6) is 0. The molecule has 4 rings (SSSR count). The fourth-order valence-corrected chi connectivity index (χ4v) is 4.13. The minimum Gasteiger partial charge on any atom is -0.410 e. The van der Waals surface area contributed by atoms with Gasteiger partial charge in [0.05, 0.1) is 15.4 Å². The Morgan fingerprint density at radius 2 is 1.83 bits per heavy atom. The molecule has 0 fully saturated rings. The molecule has 2 aromatic carbocycles. The zero-order valence-electron chi connectivity index (χ0n) is 12.2. The number of pyridine rings is 1. The lowest BCUT2D eigenvalue weighted by atomic mass is 10.1. The molecule has 0 saturated heterocycles. The maximum Gasteiger partial charge on any atom is 0.128 e. The fraction of sp³-hybridized carbons (Fsp3) is 0. The summed E-state index contributed by atoms with van der Waals surface area (Å²) in [4.78, 5) is 6.35. The third kappa shape index (κ3) is 2.63. The molecular formula is C18H10Cl2N2OS. The Bertz CT molecular complexity index is 1050. The highest BCUT2D eigenvalue weighted by atomic mass is 35.5. The van der Waals surface area contributed by atoms with Gasteiger partial charge in [-0.1, -0.05) is 46.6 Å². The molecule has 0 atom stereocenters. The molecule has 0 radical (unpaired) electrons. The van der Waals surface area contributed by atoms with Crippen LogP contribution in [0.2, 0.25) is 10.0 Å². The summed E-state index contributed by atoms with van der Waals surface area (Å²) in [5, 5.41) is 16.0. The first-order valence-corrected chi connectivity index (χ1v) is 8.70. The highest BCUT2D eigenvalue weighted by molar-refractivity contribution is 7.20. The van der Waals surface area contributed by atoms with E-state index in [0.29, 0.717) is 21.3 Å².